The molecule has 2 rings (SSSR count). The van der Waals surface area contributed by atoms with Gasteiger partial charge < -0.3 is 16.0 Å². The smallest absolute Gasteiger partial charge is 0.319 e. The molecule has 0 fully saturated rings. The Hall–Kier alpha value is -2.97. The van der Waals surface area contributed by atoms with Crippen LogP contribution < -0.4 is 16.0 Å². The number of aryl methyl sites for hydroxylation is 2. The predicted molar refractivity (Wildman–Crippen MR) is 88.6 cm³/mol. The first-order valence-electron chi connectivity index (χ1n) is 7.61. The summed E-state index contributed by atoms with van der Waals surface area (Å²) < 4.78 is 1.49. The van der Waals surface area contributed by atoms with Gasteiger partial charge >= 0.3 is 6.03 Å². The zero-order valence-corrected chi connectivity index (χ0v) is 14.1. The second kappa shape index (κ2) is 7.53. The van der Waals surface area contributed by atoms with Crippen molar-refractivity contribution in [2.75, 3.05) is 11.9 Å². The standard InChI is InChI=1S/C15H21N7O2/c1-5-16-14(23)11-7-6-9(2)12(8-11)18-15(24)17-10(3)13-19-20-21-22(13)4/h6-8,10H,5H2,1-4H3,(H,16,23)(H2,17,18,24). The van der Waals surface area contributed by atoms with Crippen LogP contribution in [-0.2, 0) is 7.05 Å². The number of amides is 3. The fourth-order valence-electron chi connectivity index (χ4n) is 2.18. The van der Waals surface area contributed by atoms with Gasteiger partial charge in [-0.3, -0.25) is 4.79 Å². The number of aromatic nitrogens is 4. The van der Waals surface area contributed by atoms with Crippen LogP contribution in [0.2, 0.25) is 0 Å². The summed E-state index contributed by atoms with van der Waals surface area (Å²) >= 11 is 0. The lowest BCUT2D eigenvalue weighted by Crippen LogP contribution is -2.33. The number of hydrogen-bond donors (Lipinski definition) is 3. The molecule has 0 aliphatic heterocycles. The Bertz CT molecular complexity index is 741. The molecule has 0 aliphatic rings. The minimum absolute atomic E-state index is 0.181. The molecule has 0 spiro atoms. The molecule has 3 amide bonds. The first-order chi connectivity index (χ1) is 11.4. The van der Waals surface area contributed by atoms with Crippen LogP contribution in [0.4, 0.5) is 10.5 Å². The normalized spacial score (nSPS) is 11.7. The van der Waals surface area contributed by atoms with Crippen molar-refractivity contribution in [3.05, 3.63) is 35.2 Å². The molecule has 1 unspecified atom stereocenters. The number of nitrogens with zero attached hydrogens (tertiary/aromatic N) is 4. The lowest BCUT2D eigenvalue weighted by atomic mass is 10.1. The van der Waals surface area contributed by atoms with Crippen molar-refractivity contribution in [3.63, 3.8) is 0 Å². The van der Waals surface area contributed by atoms with E-state index in [1.807, 2.05) is 13.8 Å². The van der Waals surface area contributed by atoms with Crippen molar-refractivity contribution in [1.82, 2.24) is 30.8 Å². The van der Waals surface area contributed by atoms with Crippen LogP contribution in [0.5, 0.6) is 0 Å². The molecule has 0 saturated heterocycles. The van der Waals surface area contributed by atoms with Crippen molar-refractivity contribution < 1.29 is 9.59 Å². The highest BCUT2D eigenvalue weighted by Crippen LogP contribution is 2.17. The van der Waals surface area contributed by atoms with Crippen LogP contribution in [0, 0.1) is 6.92 Å². The average molecular weight is 331 g/mol. The molecular weight excluding hydrogens is 310 g/mol. The number of rotatable bonds is 5. The van der Waals surface area contributed by atoms with Gasteiger partial charge in [0.2, 0.25) is 0 Å². The van der Waals surface area contributed by atoms with E-state index >= 15 is 0 Å². The van der Waals surface area contributed by atoms with Gasteiger partial charge in [-0.25, -0.2) is 9.48 Å². The van der Waals surface area contributed by atoms with E-state index in [2.05, 4.69) is 31.5 Å². The summed E-state index contributed by atoms with van der Waals surface area (Å²) in [6, 6.07) is 4.39. The van der Waals surface area contributed by atoms with Gasteiger partial charge in [-0.15, -0.1) is 5.10 Å². The van der Waals surface area contributed by atoms with E-state index in [0.29, 0.717) is 23.6 Å². The molecule has 3 N–H and O–H groups in total. The zero-order chi connectivity index (χ0) is 17.7. The molecule has 9 heteroatoms. The number of urea groups is 1. The second-order valence-corrected chi connectivity index (χ2v) is 5.37. The van der Waals surface area contributed by atoms with E-state index < -0.39 is 6.03 Å². The van der Waals surface area contributed by atoms with Gasteiger partial charge in [-0.2, -0.15) is 0 Å². The van der Waals surface area contributed by atoms with E-state index in [1.165, 1.54) is 4.68 Å². The minimum Gasteiger partial charge on any atom is -0.352 e. The highest BCUT2D eigenvalue weighted by atomic mass is 16.2. The maximum atomic E-state index is 12.2. The van der Waals surface area contributed by atoms with Crippen LogP contribution in [0.25, 0.3) is 0 Å². The molecule has 1 aromatic heterocycles. The molecule has 2 aromatic rings. The van der Waals surface area contributed by atoms with Crippen molar-refractivity contribution in [2.24, 2.45) is 7.05 Å². The summed E-state index contributed by atoms with van der Waals surface area (Å²) in [5.74, 6) is 0.359. The minimum atomic E-state index is -0.401. The maximum absolute atomic E-state index is 12.2. The summed E-state index contributed by atoms with van der Waals surface area (Å²) in [4.78, 5) is 24.1. The Balaban J connectivity index is 2.07. The van der Waals surface area contributed by atoms with Gasteiger partial charge in [0.1, 0.15) is 0 Å². The Kier molecular flexibility index (Phi) is 5.46. The van der Waals surface area contributed by atoms with Gasteiger partial charge in [0.05, 0.1) is 6.04 Å². The third-order valence-electron chi connectivity index (χ3n) is 3.47. The third-order valence-corrected chi connectivity index (χ3v) is 3.47. The molecule has 1 aromatic carbocycles. The number of carbonyl (C=O) groups is 2. The molecular formula is C15H21N7O2. The largest absolute Gasteiger partial charge is 0.352 e. The van der Waals surface area contributed by atoms with Gasteiger partial charge in [-0.1, -0.05) is 6.07 Å². The number of carbonyl (C=O) groups excluding carboxylic acids is 2. The molecule has 0 saturated carbocycles. The molecule has 0 bridgehead atoms. The number of nitrogens with one attached hydrogen (secondary N) is 3. The third kappa shape index (κ3) is 4.06. The Morgan fingerprint density at radius 1 is 1.33 bits per heavy atom. The number of benzene rings is 1. The number of tetrazole rings is 1. The van der Waals surface area contributed by atoms with Crippen LogP contribution >= 0.6 is 0 Å². The van der Waals surface area contributed by atoms with Gasteiger partial charge in [0.25, 0.3) is 5.91 Å². The van der Waals surface area contributed by atoms with Crippen molar-refractivity contribution >= 4 is 17.6 Å². The van der Waals surface area contributed by atoms with Crippen LogP contribution in [-0.4, -0.2) is 38.7 Å². The topological polar surface area (TPSA) is 114 Å². The monoisotopic (exact) mass is 331 g/mol. The molecule has 0 aliphatic carbocycles. The van der Waals surface area contributed by atoms with Gasteiger partial charge in [-0.05, 0) is 48.9 Å². The second-order valence-electron chi connectivity index (χ2n) is 5.37. The molecule has 0 radical (unpaired) electrons. The van der Waals surface area contributed by atoms with Crippen LogP contribution in [0.15, 0.2) is 18.2 Å². The fourth-order valence-corrected chi connectivity index (χ4v) is 2.18. The molecule has 1 heterocycles. The van der Waals surface area contributed by atoms with Crippen molar-refractivity contribution in [1.29, 1.82) is 0 Å². The van der Waals surface area contributed by atoms with Crippen molar-refractivity contribution in [3.8, 4) is 0 Å². The highest BCUT2D eigenvalue weighted by Gasteiger charge is 2.16. The van der Waals surface area contributed by atoms with E-state index in [1.54, 1.807) is 32.2 Å². The summed E-state index contributed by atoms with van der Waals surface area (Å²) in [5.41, 5.74) is 1.91. The van der Waals surface area contributed by atoms with Crippen LogP contribution in [0.3, 0.4) is 0 Å². The number of anilines is 1. The first kappa shape index (κ1) is 17.4. The van der Waals surface area contributed by atoms with E-state index in [4.69, 9.17) is 0 Å². The molecule has 1 atom stereocenters. The first-order valence-corrected chi connectivity index (χ1v) is 7.61. The average Bonchev–Trinajstić information content (AvgIpc) is 2.95. The predicted octanol–water partition coefficient (Wildman–Crippen LogP) is 1.15. The number of hydrogen-bond acceptors (Lipinski definition) is 5. The summed E-state index contributed by atoms with van der Waals surface area (Å²) in [6.45, 7) is 6.02. The van der Waals surface area contributed by atoms with Crippen molar-refractivity contribution in [2.45, 2.75) is 26.8 Å². The quantitative estimate of drug-likeness (QED) is 0.760. The van der Waals surface area contributed by atoms with Gasteiger partial charge in [0.15, 0.2) is 5.82 Å². The zero-order valence-electron chi connectivity index (χ0n) is 14.1. The molecule has 9 nitrogen and oxygen atoms in total. The molecule has 128 valence electrons. The summed E-state index contributed by atoms with van der Waals surface area (Å²) in [6.07, 6.45) is 0. The molecule has 24 heavy (non-hydrogen) atoms. The summed E-state index contributed by atoms with van der Waals surface area (Å²) in [7, 11) is 1.70. The van der Waals surface area contributed by atoms with Gasteiger partial charge in [0, 0.05) is 24.8 Å². The lowest BCUT2D eigenvalue weighted by molar-refractivity contribution is 0.0956. The summed E-state index contributed by atoms with van der Waals surface area (Å²) in [5, 5.41) is 19.4. The van der Waals surface area contributed by atoms with E-state index in [9.17, 15) is 9.59 Å². The highest BCUT2D eigenvalue weighted by molar-refractivity contribution is 5.97. The van der Waals surface area contributed by atoms with E-state index in [0.717, 1.165) is 5.56 Å². The lowest BCUT2D eigenvalue weighted by Gasteiger charge is -2.15. The van der Waals surface area contributed by atoms with E-state index in [-0.39, 0.29) is 11.9 Å². The maximum Gasteiger partial charge on any atom is 0.319 e. The van der Waals surface area contributed by atoms with Crippen LogP contribution in [0.1, 0.15) is 41.6 Å². The Morgan fingerprint density at radius 2 is 2.08 bits per heavy atom. The SMILES string of the molecule is CCNC(=O)c1ccc(C)c(NC(=O)NC(C)c2nnnn2C)c1. The fraction of sp³-hybridized carbons (Fsp3) is 0.400. The Labute approximate surface area is 139 Å². The Morgan fingerprint density at radius 3 is 2.71 bits per heavy atom.